The fraction of sp³-hybridized carbons (Fsp3) is 0.455. The number of aromatic nitrogens is 1. The average molecular weight is 326 g/mol. The highest BCUT2D eigenvalue weighted by Crippen LogP contribution is 2.23. The quantitative estimate of drug-likeness (QED) is 0.474. The normalized spacial score (nSPS) is 10.8. The predicted octanol–water partition coefficient (Wildman–Crippen LogP) is 3.16. The number of esters is 1. The third-order valence-corrected chi connectivity index (χ3v) is 2.74. The number of nitrogens with zero attached hydrogens (tertiary/aromatic N) is 1. The Morgan fingerprint density at radius 2 is 2.22 bits per heavy atom. The zero-order valence-corrected chi connectivity index (χ0v) is 11.1. The third-order valence-electron chi connectivity index (χ3n) is 2.18. The van der Waals surface area contributed by atoms with Crippen molar-refractivity contribution in [2.45, 2.75) is 25.1 Å². The van der Waals surface area contributed by atoms with Crippen molar-refractivity contribution in [3.8, 4) is 0 Å². The minimum Gasteiger partial charge on any atom is -0.466 e. The molecule has 0 saturated carbocycles. The summed E-state index contributed by atoms with van der Waals surface area (Å²) in [4.78, 5) is 14.5. The van der Waals surface area contributed by atoms with Crippen LogP contribution in [0, 0.1) is 5.95 Å². The first-order valence-electron chi connectivity index (χ1n) is 5.17. The van der Waals surface area contributed by atoms with E-state index in [4.69, 9.17) is 4.74 Å². The number of halogens is 4. The zero-order chi connectivity index (χ0) is 13.7. The van der Waals surface area contributed by atoms with E-state index >= 15 is 0 Å². The van der Waals surface area contributed by atoms with Gasteiger partial charge in [0.05, 0.1) is 13.0 Å². The van der Waals surface area contributed by atoms with Gasteiger partial charge in [-0.2, -0.15) is 4.39 Å². The molecule has 0 aliphatic heterocycles. The van der Waals surface area contributed by atoms with Crippen molar-refractivity contribution in [2.24, 2.45) is 0 Å². The molecule has 1 heterocycles. The van der Waals surface area contributed by atoms with Crippen LogP contribution in [0.2, 0.25) is 0 Å². The second kappa shape index (κ2) is 6.72. The van der Waals surface area contributed by atoms with Gasteiger partial charge in [0, 0.05) is 10.9 Å². The van der Waals surface area contributed by atoms with Gasteiger partial charge in [-0.25, -0.2) is 13.8 Å². The maximum atomic E-state index is 13.5. The SMILES string of the molecule is CCOC(=O)Cc1cc(C(F)F)nc(F)c1CBr. The molecular formula is C11H11BrF3NO2. The predicted molar refractivity (Wildman–Crippen MR) is 62.1 cm³/mol. The van der Waals surface area contributed by atoms with Crippen molar-refractivity contribution < 1.29 is 22.7 Å². The van der Waals surface area contributed by atoms with Gasteiger partial charge in [-0.3, -0.25) is 4.79 Å². The first-order valence-corrected chi connectivity index (χ1v) is 6.29. The molecule has 0 unspecified atom stereocenters. The van der Waals surface area contributed by atoms with E-state index in [-0.39, 0.29) is 29.5 Å². The molecule has 0 saturated heterocycles. The van der Waals surface area contributed by atoms with Crippen molar-refractivity contribution in [3.63, 3.8) is 0 Å². The summed E-state index contributed by atoms with van der Waals surface area (Å²) in [5.41, 5.74) is -0.433. The van der Waals surface area contributed by atoms with E-state index in [0.29, 0.717) is 0 Å². The largest absolute Gasteiger partial charge is 0.466 e. The Labute approximate surface area is 110 Å². The molecule has 1 aromatic heterocycles. The fourth-order valence-electron chi connectivity index (χ4n) is 1.39. The minimum atomic E-state index is -2.88. The molecule has 0 fully saturated rings. The molecule has 3 nitrogen and oxygen atoms in total. The van der Waals surface area contributed by atoms with E-state index in [9.17, 15) is 18.0 Å². The van der Waals surface area contributed by atoms with Gasteiger partial charge in [0.15, 0.2) is 0 Å². The molecule has 0 radical (unpaired) electrons. The van der Waals surface area contributed by atoms with E-state index in [1.165, 1.54) is 0 Å². The third kappa shape index (κ3) is 3.69. The molecule has 0 aromatic carbocycles. The summed E-state index contributed by atoms with van der Waals surface area (Å²) in [7, 11) is 0. The molecule has 18 heavy (non-hydrogen) atoms. The number of pyridine rings is 1. The lowest BCUT2D eigenvalue weighted by Crippen LogP contribution is -2.11. The highest BCUT2D eigenvalue weighted by Gasteiger charge is 2.19. The first-order chi connectivity index (χ1) is 8.49. The zero-order valence-electron chi connectivity index (χ0n) is 9.55. The van der Waals surface area contributed by atoms with Crippen molar-refractivity contribution in [1.82, 2.24) is 4.98 Å². The van der Waals surface area contributed by atoms with E-state index in [0.717, 1.165) is 6.07 Å². The Hall–Kier alpha value is -1.11. The molecule has 0 aliphatic rings. The van der Waals surface area contributed by atoms with Crippen molar-refractivity contribution >= 4 is 21.9 Å². The van der Waals surface area contributed by atoms with Gasteiger partial charge >= 0.3 is 5.97 Å². The van der Waals surface area contributed by atoms with Crippen molar-refractivity contribution in [3.05, 3.63) is 28.8 Å². The molecule has 100 valence electrons. The van der Waals surface area contributed by atoms with Crippen LogP contribution in [0.5, 0.6) is 0 Å². The van der Waals surface area contributed by atoms with Crippen LogP contribution in [0.25, 0.3) is 0 Å². The van der Waals surface area contributed by atoms with Crippen LogP contribution in [0.15, 0.2) is 6.07 Å². The van der Waals surface area contributed by atoms with Gasteiger partial charge < -0.3 is 4.74 Å². The smallest absolute Gasteiger partial charge is 0.310 e. The molecule has 0 amide bonds. The van der Waals surface area contributed by atoms with E-state index in [2.05, 4.69) is 20.9 Å². The fourth-order valence-corrected chi connectivity index (χ4v) is 1.98. The number of carbonyl (C=O) groups excluding carboxylic acids is 1. The van der Waals surface area contributed by atoms with Gasteiger partial charge in [0.25, 0.3) is 6.43 Å². The van der Waals surface area contributed by atoms with Gasteiger partial charge in [-0.15, -0.1) is 0 Å². The van der Waals surface area contributed by atoms with Crippen molar-refractivity contribution in [2.75, 3.05) is 6.61 Å². The van der Waals surface area contributed by atoms with Crippen LogP contribution in [0.4, 0.5) is 13.2 Å². The summed E-state index contributed by atoms with van der Waals surface area (Å²) in [6.07, 6.45) is -3.14. The lowest BCUT2D eigenvalue weighted by molar-refractivity contribution is -0.142. The summed E-state index contributed by atoms with van der Waals surface area (Å²) in [6.45, 7) is 1.80. The maximum Gasteiger partial charge on any atom is 0.310 e. The van der Waals surface area contributed by atoms with Crippen LogP contribution in [-0.4, -0.2) is 17.6 Å². The Kier molecular flexibility index (Phi) is 5.58. The Balaban J connectivity index is 3.10. The number of ether oxygens (including phenoxy) is 1. The molecule has 1 aromatic rings. The van der Waals surface area contributed by atoms with E-state index < -0.39 is 24.0 Å². The monoisotopic (exact) mass is 325 g/mol. The highest BCUT2D eigenvalue weighted by molar-refractivity contribution is 9.08. The second-order valence-corrected chi connectivity index (χ2v) is 3.95. The molecule has 1 rings (SSSR count). The second-order valence-electron chi connectivity index (χ2n) is 3.39. The van der Waals surface area contributed by atoms with Crippen LogP contribution < -0.4 is 0 Å². The van der Waals surface area contributed by atoms with Crippen LogP contribution in [0.1, 0.15) is 30.2 Å². The molecule has 0 aliphatic carbocycles. The summed E-state index contributed by atoms with van der Waals surface area (Å²) >= 11 is 3.03. The Morgan fingerprint density at radius 1 is 1.56 bits per heavy atom. The first kappa shape index (κ1) is 14.9. The van der Waals surface area contributed by atoms with Crippen LogP contribution >= 0.6 is 15.9 Å². The van der Waals surface area contributed by atoms with E-state index in [1.54, 1.807) is 6.92 Å². The van der Waals surface area contributed by atoms with Crippen LogP contribution in [0.3, 0.4) is 0 Å². The minimum absolute atomic E-state index is 0.0874. The van der Waals surface area contributed by atoms with Gasteiger partial charge in [-0.05, 0) is 18.6 Å². The highest BCUT2D eigenvalue weighted by atomic mass is 79.9. The molecule has 0 spiro atoms. The standard InChI is InChI=1S/C11H11BrF3NO2/c1-2-18-9(17)4-6-3-8(10(13)14)16-11(15)7(6)5-12/h3,10H,2,4-5H2,1H3. The topological polar surface area (TPSA) is 39.2 Å². The number of rotatable bonds is 5. The van der Waals surface area contributed by atoms with Crippen LogP contribution in [-0.2, 0) is 21.3 Å². The lowest BCUT2D eigenvalue weighted by atomic mass is 10.1. The Bertz CT molecular complexity index is 441. The summed E-state index contributed by atoms with van der Waals surface area (Å²) in [5, 5.41) is 0.0874. The molecule has 0 N–H and O–H groups in total. The molecular weight excluding hydrogens is 315 g/mol. The molecule has 0 atom stereocenters. The summed E-state index contributed by atoms with van der Waals surface area (Å²) < 4.78 is 43.2. The summed E-state index contributed by atoms with van der Waals surface area (Å²) in [6, 6.07) is 1.03. The molecule has 0 bridgehead atoms. The number of hydrogen-bond donors (Lipinski definition) is 0. The lowest BCUT2D eigenvalue weighted by Gasteiger charge is -2.10. The van der Waals surface area contributed by atoms with Crippen molar-refractivity contribution in [1.29, 1.82) is 0 Å². The Morgan fingerprint density at radius 3 is 2.72 bits per heavy atom. The summed E-state index contributed by atoms with van der Waals surface area (Å²) in [5.74, 6) is -1.59. The van der Waals surface area contributed by atoms with Gasteiger partial charge in [-0.1, -0.05) is 15.9 Å². The van der Waals surface area contributed by atoms with E-state index in [1.807, 2.05) is 0 Å². The van der Waals surface area contributed by atoms with Gasteiger partial charge in [0.1, 0.15) is 5.69 Å². The molecule has 7 heteroatoms. The number of hydrogen-bond acceptors (Lipinski definition) is 3. The number of carbonyl (C=O) groups is 1. The van der Waals surface area contributed by atoms with Gasteiger partial charge in [0.2, 0.25) is 5.95 Å². The number of alkyl halides is 3. The average Bonchev–Trinajstić information content (AvgIpc) is 2.28. The maximum absolute atomic E-state index is 13.5.